The van der Waals surface area contributed by atoms with E-state index in [2.05, 4.69) is 44.3 Å². The summed E-state index contributed by atoms with van der Waals surface area (Å²) in [4.78, 5) is 0. The molecule has 0 saturated carbocycles. The number of aryl methyl sites for hydroxylation is 2. The lowest BCUT2D eigenvalue weighted by Gasteiger charge is -2.19. The maximum Gasteiger partial charge on any atom is 0.186 e. The van der Waals surface area contributed by atoms with Gasteiger partial charge in [0.1, 0.15) is 0 Å². The second-order valence-corrected chi connectivity index (χ2v) is 9.42. The Morgan fingerprint density at radius 2 is 1.62 bits per heavy atom. The van der Waals surface area contributed by atoms with E-state index in [1.165, 1.54) is 30.0 Å². The Morgan fingerprint density at radius 1 is 1.06 bits per heavy atom. The van der Waals surface area contributed by atoms with Gasteiger partial charge in [0, 0.05) is 7.11 Å². The van der Waals surface area contributed by atoms with Crippen LogP contribution in [-0.4, -0.2) is 15.4 Å². The van der Waals surface area contributed by atoms with Crippen molar-refractivity contribution in [3.63, 3.8) is 0 Å². The van der Waals surface area contributed by atoms with E-state index < -0.39 is 8.32 Å². The lowest BCUT2D eigenvalue weighted by Crippen LogP contribution is -2.28. The summed E-state index contributed by atoms with van der Waals surface area (Å²) in [6, 6.07) is 10.3. The van der Waals surface area contributed by atoms with E-state index in [0.29, 0.717) is 0 Å². The summed E-state index contributed by atoms with van der Waals surface area (Å²) in [6.45, 7) is 6.77. The van der Waals surface area contributed by atoms with Gasteiger partial charge in [-0.25, -0.2) is 0 Å². The quantitative estimate of drug-likeness (QED) is 0.678. The third-order valence-corrected chi connectivity index (χ3v) is 5.89. The molecular weight excluding hydrogens is 212 g/mol. The molecule has 1 aromatic carbocycles. The van der Waals surface area contributed by atoms with Gasteiger partial charge < -0.3 is 4.43 Å². The summed E-state index contributed by atoms with van der Waals surface area (Å²) in [7, 11) is 0.501. The number of hydrogen-bond donors (Lipinski definition) is 0. The maximum absolute atomic E-state index is 5.55. The van der Waals surface area contributed by atoms with Gasteiger partial charge in [-0.2, -0.15) is 0 Å². The Hall–Kier alpha value is -0.603. The lowest BCUT2D eigenvalue weighted by atomic mass is 10.1. The molecule has 0 atom stereocenters. The van der Waals surface area contributed by atoms with Crippen LogP contribution < -0.4 is 0 Å². The van der Waals surface area contributed by atoms with Crippen molar-refractivity contribution < 1.29 is 4.43 Å². The number of hydrogen-bond acceptors (Lipinski definition) is 1. The highest BCUT2D eigenvalue weighted by Crippen LogP contribution is 2.15. The Bertz CT molecular complexity index is 303. The van der Waals surface area contributed by atoms with Gasteiger partial charge in [-0.1, -0.05) is 31.2 Å². The summed E-state index contributed by atoms with van der Waals surface area (Å²) in [5.74, 6) is 0. The minimum Gasteiger partial charge on any atom is -0.420 e. The van der Waals surface area contributed by atoms with Crippen molar-refractivity contribution in [2.45, 2.75) is 45.3 Å². The molecule has 0 aliphatic rings. The van der Waals surface area contributed by atoms with Crippen molar-refractivity contribution in [3.8, 4) is 0 Å². The molecule has 0 aliphatic heterocycles. The van der Waals surface area contributed by atoms with E-state index in [1.54, 1.807) is 0 Å². The van der Waals surface area contributed by atoms with Gasteiger partial charge in [0.25, 0.3) is 0 Å². The molecule has 90 valence electrons. The van der Waals surface area contributed by atoms with Crippen LogP contribution in [0.2, 0.25) is 19.1 Å². The molecular formula is C14H24OSi. The van der Waals surface area contributed by atoms with Crippen molar-refractivity contribution in [3.05, 3.63) is 35.4 Å². The fraction of sp³-hybridized carbons (Fsp3) is 0.571. The first kappa shape index (κ1) is 13.5. The highest BCUT2D eigenvalue weighted by atomic mass is 28.4. The SMILES string of the molecule is CCc1ccc(CCC[Si](C)(C)OC)cc1. The Labute approximate surface area is 101 Å². The Balaban J connectivity index is 2.37. The van der Waals surface area contributed by atoms with Crippen molar-refractivity contribution in [2.24, 2.45) is 0 Å². The van der Waals surface area contributed by atoms with Gasteiger partial charge in [0.15, 0.2) is 8.32 Å². The van der Waals surface area contributed by atoms with Gasteiger partial charge in [0.2, 0.25) is 0 Å². The normalized spacial score (nSPS) is 11.8. The lowest BCUT2D eigenvalue weighted by molar-refractivity contribution is 0.402. The molecule has 2 heteroatoms. The third kappa shape index (κ3) is 4.50. The summed E-state index contributed by atoms with van der Waals surface area (Å²) in [6.07, 6.45) is 3.56. The first-order valence-electron chi connectivity index (χ1n) is 6.20. The summed E-state index contributed by atoms with van der Waals surface area (Å²) in [5, 5.41) is 0. The van der Waals surface area contributed by atoms with Crippen LogP contribution in [0.4, 0.5) is 0 Å². The minimum absolute atomic E-state index is 1.13. The maximum atomic E-state index is 5.55. The second kappa shape index (κ2) is 6.21. The highest BCUT2D eigenvalue weighted by molar-refractivity contribution is 6.71. The molecule has 0 bridgehead atoms. The molecule has 0 fully saturated rings. The van der Waals surface area contributed by atoms with Gasteiger partial charge in [-0.05, 0) is 49.5 Å². The molecule has 0 saturated heterocycles. The molecule has 0 aromatic heterocycles. The van der Waals surface area contributed by atoms with E-state index in [0.717, 1.165) is 6.42 Å². The van der Waals surface area contributed by atoms with E-state index in [1.807, 2.05) is 7.11 Å². The molecule has 1 aromatic rings. The molecule has 1 nitrogen and oxygen atoms in total. The molecule has 1 rings (SSSR count). The van der Waals surface area contributed by atoms with E-state index in [-0.39, 0.29) is 0 Å². The smallest absolute Gasteiger partial charge is 0.186 e. The molecule has 0 aliphatic carbocycles. The van der Waals surface area contributed by atoms with Crippen LogP contribution in [0, 0.1) is 0 Å². The van der Waals surface area contributed by atoms with Crippen molar-refractivity contribution in [1.29, 1.82) is 0 Å². The topological polar surface area (TPSA) is 9.23 Å². The molecule has 0 heterocycles. The van der Waals surface area contributed by atoms with E-state index in [9.17, 15) is 0 Å². The minimum atomic E-state index is -1.35. The molecule has 0 unspecified atom stereocenters. The van der Waals surface area contributed by atoms with Gasteiger partial charge in [0.05, 0.1) is 0 Å². The third-order valence-electron chi connectivity index (χ3n) is 3.23. The van der Waals surface area contributed by atoms with E-state index >= 15 is 0 Å². The zero-order valence-electron chi connectivity index (χ0n) is 11.0. The molecule has 0 amide bonds. The molecule has 0 radical (unpaired) electrons. The molecule has 0 N–H and O–H groups in total. The average Bonchev–Trinajstić information content (AvgIpc) is 2.30. The van der Waals surface area contributed by atoms with Crippen LogP contribution in [0.5, 0.6) is 0 Å². The second-order valence-electron chi connectivity index (χ2n) is 4.99. The first-order valence-corrected chi connectivity index (χ1v) is 9.32. The zero-order chi connectivity index (χ0) is 12.0. The number of rotatable bonds is 6. The Morgan fingerprint density at radius 3 is 2.12 bits per heavy atom. The average molecular weight is 236 g/mol. The summed E-state index contributed by atoms with van der Waals surface area (Å²) in [5.41, 5.74) is 2.88. The first-order chi connectivity index (χ1) is 7.57. The van der Waals surface area contributed by atoms with Crippen molar-refractivity contribution in [2.75, 3.05) is 7.11 Å². The van der Waals surface area contributed by atoms with Gasteiger partial charge >= 0.3 is 0 Å². The highest BCUT2D eigenvalue weighted by Gasteiger charge is 2.19. The van der Waals surface area contributed by atoms with Crippen LogP contribution in [-0.2, 0) is 17.3 Å². The predicted octanol–water partition coefficient (Wildman–Crippen LogP) is 4.03. The zero-order valence-corrected chi connectivity index (χ0v) is 12.0. The summed E-state index contributed by atoms with van der Waals surface area (Å²) >= 11 is 0. The van der Waals surface area contributed by atoms with E-state index in [4.69, 9.17) is 4.43 Å². The standard InChI is InChI=1S/C14H24OSi/c1-5-13-8-10-14(11-9-13)7-6-12-16(3,4)15-2/h8-11H,5-7,12H2,1-4H3. The largest absolute Gasteiger partial charge is 0.420 e. The van der Waals surface area contributed by atoms with Crippen molar-refractivity contribution >= 4 is 8.32 Å². The summed E-state index contributed by atoms with van der Waals surface area (Å²) < 4.78 is 5.55. The molecule has 16 heavy (non-hydrogen) atoms. The van der Waals surface area contributed by atoms with Crippen molar-refractivity contribution in [1.82, 2.24) is 0 Å². The Kier molecular flexibility index (Phi) is 5.23. The van der Waals surface area contributed by atoms with Crippen LogP contribution in [0.3, 0.4) is 0 Å². The van der Waals surface area contributed by atoms with Gasteiger partial charge in [-0.3, -0.25) is 0 Å². The monoisotopic (exact) mass is 236 g/mol. The van der Waals surface area contributed by atoms with Crippen LogP contribution >= 0.6 is 0 Å². The number of benzene rings is 1. The molecule has 0 spiro atoms. The van der Waals surface area contributed by atoms with Crippen LogP contribution in [0.15, 0.2) is 24.3 Å². The van der Waals surface area contributed by atoms with Crippen LogP contribution in [0.1, 0.15) is 24.5 Å². The predicted molar refractivity (Wildman–Crippen MR) is 73.4 cm³/mol. The fourth-order valence-corrected chi connectivity index (χ4v) is 2.99. The van der Waals surface area contributed by atoms with Gasteiger partial charge in [-0.15, -0.1) is 0 Å². The fourth-order valence-electron chi connectivity index (χ4n) is 1.76. The van der Waals surface area contributed by atoms with Crippen LogP contribution in [0.25, 0.3) is 0 Å².